The Morgan fingerprint density at radius 1 is 1.05 bits per heavy atom. The van der Waals surface area contributed by atoms with Gasteiger partial charge in [0, 0.05) is 6.42 Å². The van der Waals surface area contributed by atoms with E-state index in [4.69, 9.17) is 0 Å². The fraction of sp³-hybridized carbons (Fsp3) is 0.600. The van der Waals surface area contributed by atoms with Crippen molar-refractivity contribution in [2.45, 2.75) is 57.7 Å². The van der Waals surface area contributed by atoms with E-state index in [-0.39, 0.29) is 12.8 Å². The number of hydrogen-bond donors (Lipinski definition) is 1. The van der Waals surface area contributed by atoms with E-state index in [1.54, 1.807) is 19.1 Å². The molecule has 0 aromatic heterocycles. The first-order valence-corrected chi connectivity index (χ1v) is 6.63. The number of alkyl halides is 3. The molecule has 0 saturated carbocycles. The lowest BCUT2D eigenvalue weighted by Gasteiger charge is -2.24. The third-order valence-electron chi connectivity index (χ3n) is 3.24. The smallest absolute Gasteiger partial charge is 0.385 e. The maximum absolute atomic E-state index is 12.1. The lowest BCUT2D eigenvalue weighted by atomic mass is 9.89. The predicted octanol–water partition coefficient (Wildman–Crippen LogP) is 4.58. The van der Waals surface area contributed by atoms with Gasteiger partial charge in [-0.3, -0.25) is 0 Å². The molecule has 0 aliphatic rings. The van der Waals surface area contributed by atoms with Crippen LogP contribution in [0.15, 0.2) is 24.3 Å². The van der Waals surface area contributed by atoms with Crippen molar-refractivity contribution in [2.75, 3.05) is 0 Å². The van der Waals surface area contributed by atoms with E-state index in [0.29, 0.717) is 5.56 Å². The largest absolute Gasteiger partial charge is 0.389 e. The van der Waals surface area contributed by atoms with E-state index in [1.807, 2.05) is 12.1 Å². The molecule has 0 fully saturated rings. The highest BCUT2D eigenvalue weighted by molar-refractivity contribution is 5.26. The quantitative estimate of drug-likeness (QED) is 0.805. The molecule has 0 amide bonds. The summed E-state index contributed by atoms with van der Waals surface area (Å²) in [4.78, 5) is 0. The molecule has 0 aliphatic carbocycles. The van der Waals surface area contributed by atoms with Crippen LogP contribution in [-0.2, 0) is 12.0 Å². The van der Waals surface area contributed by atoms with Gasteiger partial charge in [0.05, 0.1) is 5.60 Å². The van der Waals surface area contributed by atoms with E-state index in [9.17, 15) is 18.3 Å². The molecule has 4 heteroatoms. The standard InChI is InChI=1S/C15H21F3O/c1-3-5-12-6-8-13(9-7-12)14(2,19)10-4-11-15(16,17)18/h6-9,19H,3-5,10-11H2,1-2H3. The first-order chi connectivity index (χ1) is 8.74. The van der Waals surface area contributed by atoms with E-state index >= 15 is 0 Å². The van der Waals surface area contributed by atoms with Crippen LogP contribution in [0.4, 0.5) is 13.2 Å². The zero-order valence-corrected chi connectivity index (χ0v) is 11.4. The average Bonchev–Trinajstić information content (AvgIpc) is 2.28. The lowest BCUT2D eigenvalue weighted by molar-refractivity contribution is -0.137. The Labute approximate surface area is 112 Å². The van der Waals surface area contributed by atoms with Gasteiger partial charge in [-0.1, -0.05) is 37.6 Å². The number of aliphatic hydroxyl groups is 1. The third kappa shape index (κ3) is 5.64. The zero-order chi connectivity index (χ0) is 14.5. The Bertz CT molecular complexity index is 379. The second-order valence-electron chi connectivity index (χ2n) is 5.19. The first-order valence-electron chi connectivity index (χ1n) is 6.63. The Morgan fingerprint density at radius 2 is 1.63 bits per heavy atom. The second-order valence-corrected chi connectivity index (χ2v) is 5.19. The number of rotatable bonds is 6. The molecular formula is C15H21F3O. The molecule has 1 unspecified atom stereocenters. The Hall–Kier alpha value is -1.03. The Kier molecular flexibility index (Phi) is 5.41. The van der Waals surface area contributed by atoms with Crippen molar-refractivity contribution in [3.05, 3.63) is 35.4 Å². The molecule has 0 bridgehead atoms. The summed E-state index contributed by atoms with van der Waals surface area (Å²) >= 11 is 0. The van der Waals surface area contributed by atoms with Crippen LogP contribution >= 0.6 is 0 Å². The normalized spacial score (nSPS) is 15.3. The van der Waals surface area contributed by atoms with Crippen LogP contribution in [0.5, 0.6) is 0 Å². The van der Waals surface area contributed by atoms with E-state index < -0.39 is 18.2 Å². The van der Waals surface area contributed by atoms with Crippen molar-refractivity contribution in [1.82, 2.24) is 0 Å². The summed E-state index contributed by atoms with van der Waals surface area (Å²) in [6.07, 6.45) is -2.94. The van der Waals surface area contributed by atoms with Crippen LogP contribution < -0.4 is 0 Å². The average molecular weight is 274 g/mol. The van der Waals surface area contributed by atoms with Gasteiger partial charge in [0.2, 0.25) is 0 Å². The van der Waals surface area contributed by atoms with Crippen LogP contribution in [0.25, 0.3) is 0 Å². The summed E-state index contributed by atoms with van der Waals surface area (Å²) in [6.45, 7) is 3.65. The summed E-state index contributed by atoms with van der Waals surface area (Å²) in [5, 5.41) is 10.2. The topological polar surface area (TPSA) is 20.2 Å². The molecule has 1 atom stereocenters. The van der Waals surface area contributed by atoms with Gasteiger partial charge in [-0.05, 0) is 37.3 Å². The predicted molar refractivity (Wildman–Crippen MR) is 69.9 cm³/mol. The number of aryl methyl sites for hydroxylation is 1. The fourth-order valence-electron chi connectivity index (χ4n) is 2.10. The molecule has 0 radical (unpaired) electrons. The molecule has 108 valence electrons. The SMILES string of the molecule is CCCc1ccc(C(C)(O)CCCC(F)(F)F)cc1. The lowest BCUT2D eigenvalue weighted by Crippen LogP contribution is -2.22. The van der Waals surface area contributed by atoms with E-state index in [0.717, 1.165) is 12.8 Å². The first kappa shape index (κ1) is 16.0. The van der Waals surface area contributed by atoms with Crippen molar-refractivity contribution >= 4 is 0 Å². The van der Waals surface area contributed by atoms with Crippen molar-refractivity contribution < 1.29 is 18.3 Å². The van der Waals surface area contributed by atoms with Crippen LogP contribution in [0, 0.1) is 0 Å². The number of halogens is 3. The van der Waals surface area contributed by atoms with Gasteiger partial charge in [0.15, 0.2) is 0 Å². The van der Waals surface area contributed by atoms with Gasteiger partial charge in [-0.15, -0.1) is 0 Å². The van der Waals surface area contributed by atoms with Gasteiger partial charge >= 0.3 is 6.18 Å². The Balaban J connectivity index is 2.60. The van der Waals surface area contributed by atoms with Gasteiger partial charge in [-0.2, -0.15) is 13.2 Å². The molecule has 19 heavy (non-hydrogen) atoms. The van der Waals surface area contributed by atoms with Gasteiger partial charge < -0.3 is 5.11 Å². The van der Waals surface area contributed by atoms with Gasteiger partial charge in [-0.25, -0.2) is 0 Å². The van der Waals surface area contributed by atoms with Crippen molar-refractivity contribution in [3.63, 3.8) is 0 Å². The van der Waals surface area contributed by atoms with Crippen molar-refractivity contribution in [3.8, 4) is 0 Å². The summed E-state index contributed by atoms with van der Waals surface area (Å²) in [7, 11) is 0. The summed E-state index contributed by atoms with van der Waals surface area (Å²) < 4.78 is 36.3. The maximum Gasteiger partial charge on any atom is 0.389 e. The van der Waals surface area contributed by atoms with Crippen LogP contribution in [0.3, 0.4) is 0 Å². The van der Waals surface area contributed by atoms with E-state index in [1.165, 1.54) is 5.56 Å². The monoisotopic (exact) mass is 274 g/mol. The second kappa shape index (κ2) is 6.42. The van der Waals surface area contributed by atoms with Gasteiger partial charge in [0.1, 0.15) is 0 Å². The number of hydrogen-bond acceptors (Lipinski definition) is 1. The summed E-state index contributed by atoms with van der Waals surface area (Å²) in [5.74, 6) is 0. The molecule has 0 spiro atoms. The van der Waals surface area contributed by atoms with Crippen molar-refractivity contribution in [1.29, 1.82) is 0 Å². The molecule has 1 aromatic rings. The highest BCUT2D eigenvalue weighted by Crippen LogP contribution is 2.30. The van der Waals surface area contributed by atoms with Crippen LogP contribution in [0.2, 0.25) is 0 Å². The minimum Gasteiger partial charge on any atom is -0.385 e. The van der Waals surface area contributed by atoms with Crippen LogP contribution in [-0.4, -0.2) is 11.3 Å². The van der Waals surface area contributed by atoms with Crippen LogP contribution in [0.1, 0.15) is 50.7 Å². The molecule has 1 rings (SSSR count). The minimum atomic E-state index is -4.15. The highest BCUT2D eigenvalue weighted by Gasteiger charge is 2.29. The molecule has 1 aromatic carbocycles. The molecular weight excluding hydrogens is 253 g/mol. The minimum absolute atomic E-state index is 0.0623. The summed E-state index contributed by atoms with van der Waals surface area (Å²) in [5.41, 5.74) is 0.655. The molecule has 0 saturated heterocycles. The Morgan fingerprint density at radius 3 is 2.11 bits per heavy atom. The zero-order valence-electron chi connectivity index (χ0n) is 11.4. The van der Waals surface area contributed by atoms with E-state index in [2.05, 4.69) is 6.92 Å². The molecule has 1 N–H and O–H groups in total. The summed E-state index contributed by atoms with van der Waals surface area (Å²) in [6, 6.07) is 7.46. The van der Waals surface area contributed by atoms with Gasteiger partial charge in [0.25, 0.3) is 0 Å². The molecule has 1 nitrogen and oxygen atoms in total. The fourth-order valence-corrected chi connectivity index (χ4v) is 2.10. The molecule has 0 aliphatic heterocycles. The maximum atomic E-state index is 12.1. The number of benzene rings is 1. The molecule has 0 heterocycles. The highest BCUT2D eigenvalue weighted by atomic mass is 19.4. The third-order valence-corrected chi connectivity index (χ3v) is 3.24. The van der Waals surface area contributed by atoms with Crippen molar-refractivity contribution in [2.24, 2.45) is 0 Å².